The summed E-state index contributed by atoms with van der Waals surface area (Å²) >= 11 is 0. The van der Waals surface area contributed by atoms with E-state index in [1.165, 1.54) is 12.7 Å². The fraction of sp³-hybridized carbons (Fsp3) is 0.500. The van der Waals surface area contributed by atoms with Gasteiger partial charge in [-0.2, -0.15) is 0 Å². The second-order valence-electron chi connectivity index (χ2n) is 3.67. The second kappa shape index (κ2) is 6.23. The third-order valence-corrected chi connectivity index (χ3v) is 2.58. The van der Waals surface area contributed by atoms with Gasteiger partial charge in [-0.3, -0.25) is 9.78 Å². The number of esters is 1. The molecule has 0 bridgehead atoms. The Morgan fingerprint density at radius 1 is 1.62 bits per heavy atom. The third kappa shape index (κ3) is 3.31. The SMILES string of the molecule is CCC(NCc1cnccc1C)C(=O)OC. The Balaban J connectivity index is 2.56. The summed E-state index contributed by atoms with van der Waals surface area (Å²) in [6.45, 7) is 4.61. The van der Waals surface area contributed by atoms with Crippen molar-refractivity contribution < 1.29 is 9.53 Å². The number of nitrogens with zero attached hydrogens (tertiary/aromatic N) is 1. The highest BCUT2D eigenvalue weighted by Crippen LogP contribution is 2.05. The predicted octanol–water partition coefficient (Wildman–Crippen LogP) is 1.43. The fourth-order valence-electron chi connectivity index (χ4n) is 1.45. The van der Waals surface area contributed by atoms with Crippen molar-refractivity contribution in [2.45, 2.75) is 32.9 Å². The van der Waals surface area contributed by atoms with Gasteiger partial charge < -0.3 is 10.1 Å². The van der Waals surface area contributed by atoms with Crippen LogP contribution in [0, 0.1) is 6.92 Å². The van der Waals surface area contributed by atoms with E-state index >= 15 is 0 Å². The van der Waals surface area contributed by atoms with Crippen molar-refractivity contribution >= 4 is 5.97 Å². The molecule has 1 rings (SSSR count). The molecule has 0 amide bonds. The van der Waals surface area contributed by atoms with Crippen molar-refractivity contribution in [3.05, 3.63) is 29.6 Å². The van der Waals surface area contributed by atoms with Gasteiger partial charge in [0.2, 0.25) is 0 Å². The van der Waals surface area contributed by atoms with Gasteiger partial charge in [-0.1, -0.05) is 6.92 Å². The molecule has 4 nitrogen and oxygen atoms in total. The van der Waals surface area contributed by atoms with Gasteiger partial charge in [-0.15, -0.1) is 0 Å². The Hall–Kier alpha value is -1.42. The molecular weight excluding hydrogens is 204 g/mol. The average Bonchev–Trinajstić information content (AvgIpc) is 2.31. The summed E-state index contributed by atoms with van der Waals surface area (Å²) in [4.78, 5) is 15.4. The first-order valence-electron chi connectivity index (χ1n) is 5.39. The highest BCUT2D eigenvalue weighted by molar-refractivity contribution is 5.75. The van der Waals surface area contributed by atoms with Gasteiger partial charge in [0.1, 0.15) is 6.04 Å². The monoisotopic (exact) mass is 222 g/mol. The van der Waals surface area contributed by atoms with Crippen molar-refractivity contribution in [3.63, 3.8) is 0 Å². The normalized spacial score (nSPS) is 12.2. The molecule has 0 spiro atoms. The topological polar surface area (TPSA) is 51.2 Å². The van der Waals surface area contributed by atoms with E-state index in [1.54, 1.807) is 6.20 Å². The van der Waals surface area contributed by atoms with Crippen LogP contribution in [-0.2, 0) is 16.1 Å². The number of hydrogen-bond acceptors (Lipinski definition) is 4. The first-order chi connectivity index (χ1) is 7.69. The van der Waals surface area contributed by atoms with E-state index in [9.17, 15) is 4.79 Å². The Morgan fingerprint density at radius 2 is 2.38 bits per heavy atom. The molecule has 1 heterocycles. The molecule has 1 aromatic rings. The number of methoxy groups -OCH3 is 1. The molecule has 4 heteroatoms. The van der Waals surface area contributed by atoms with Gasteiger partial charge >= 0.3 is 5.97 Å². The Morgan fingerprint density at radius 3 is 2.94 bits per heavy atom. The van der Waals surface area contributed by atoms with Gasteiger partial charge in [0.15, 0.2) is 0 Å². The summed E-state index contributed by atoms with van der Waals surface area (Å²) < 4.78 is 4.70. The summed E-state index contributed by atoms with van der Waals surface area (Å²) in [6, 6.07) is 1.71. The zero-order chi connectivity index (χ0) is 12.0. The number of pyridine rings is 1. The number of nitrogens with one attached hydrogen (secondary N) is 1. The lowest BCUT2D eigenvalue weighted by Gasteiger charge is -2.15. The van der Waals surface area contributed by atoms with Gasteiger partial charge in [0.25, 0.3) is 0 Å². The van der Waals surface area contributed by atoms with Crippen molar-refractivity contribution in [3.8, 4) is 0 Å². The van der Waals surface area contributed by atoms with Gasteiger partial charge in [0.05, 0.1) is 7.11 Å². The highest BCUT2D eigenvalue weighted by Gasteiger charge is 2.15. The molecular formula is C12H18N2O2. The molecule has 0 aromatic carbocycles. The van der Waals surface area contributed by atoms with E-state index < -0.39 is 0 Å². The Labute approximate surface area is 96.0 Å². The van der Waals surface area contributed by atoms with E-state index in [0.29, 0.717) is 13.0 Å². The Bertz CT molecular complexity index is 353. The molecule has 16 heavy (non-hydrogen) atoms. The largest absolute Gasteiger partial charge is 0.468 e. The maximum Gasteiger partial charge on any atom is 0.322 e. The van der Waals surface area contributed by atoms with E-state index in [1.807, 2.05) is 26.1 Å². The number of carbonyl (C=O) groups excluding carboxylic acids is 1. The number of ether oxygens (including phenoxy) is 1. The zero-order valence-corrected chi connectivity index (χ0v) is 9.99. The molecule has 1 unspecified atom stereocenters. The maximum atomic E-state index is 11.3. The summed E-state index contributed by atoms with van der Waals surface area (Å²) in [5.74, 6) is -0.218. The van der Waals surface area contributed by atoms with E-state index in [0.717, 1.165) is 5.56 Å². The number of hydrogen-bond donors (Lipinski definition) is 1. The summed E-state index contributed by atoms with van der Waals surface area (Å²) in [5, 5.41) is 3.16. The number of rotatable bonds is 5. The van der Waals surface area contributed by atoms with Crippen LogP contribution in [0.1, 0.15) is 24.5 Å². The lowest BCUT2D eigenvalue weighted by atomic mass is 10.1. The molecule has 0 radical (unpaired) electrons. The fourth-order valence-corrected chi connectivity index (χ4v) is 1.45. The molecule has 0 aliphatic rings. The van der Waals surface area contributed by atoms with Gasteiger partial charge in [0, 0.05) is 18.9 Å². The molecule has 0 saturated carbocycles. The standard InChI is InChI=1S/C12H18N2O2/c1-4-11(12(15)16-3)14-8-10-7-13-6-5-9(10)2/h5-7,11,14H,4,8H2,1-3H3. The van der Waals surface area contributed by atoms with Crippen LogP contribution in [0.25, 0.3) is 0 Å². The lowest BCUT2D eigenvalue weighted by Crippen LogP contribution is -2.36. The van der Waals surface area contributed by atoms with Crippen molar-refractivity contribution in [1.82, 2.24) is 10.3 Å². The van der Waals surface area contributed by atoms with Gasteiger partial charge in [-0.05, 0) is 30.5 Å². The van der Waals surface area contributed by atoms with Crippen LogP contribution in [0.5, 0.6) is 0 Å². The van der Waals surface area contributed by atoms with Crippen LogP contribution in [0.4, 0.5) is 0 Å². The number of aromatic nitrogens is 1. The van der Waals surface area contributed by atoms with Crippen LogP contribution in [0.3, 0.4) is 0 Å². The van der Waals surface area contributed by atoms with E-state index in [-0.39, 0.29) is 12.0 Å². The minimum Gasteiger partial charge on any atom is -0.468 e. The van der Waals surface area contributed by atoms with Crippen LogP contribution < -0.4 is 5.32 Å². The maximum absolute atomic E-state index is 11.3. The number of aryl methyl sites for hydroxylation is 1. The van der Waals surface area contributed by atoms with E-state index in [4.69, 9.17) is 4.74 Å². The van der Waals surface area contributed by atoms with Crippen LogP contribution in [-0.4, -0.2) is 24.1 Å². The van der Waals surface area contributed by atoms with Crippen molar-refractivity contribution in [2.24, 2.45) is 0 Å². The molecule has 1 atom stereocenters. The van der Waals surface area contributed by atoms with E-state index in [2.05, 4.69) is 10.3 Å². The van der Waals surface area contributed by atoms with Crippen LogP contribution >= 0.6 is 0 Å². The number of carbonyl (C=O) groups is 1. The minimum atomic E-state index is -0.246. The molecule has 0 aliphatic carbocycles. The molecule has 0 fully saturated rings. The smallest absolute Gasteiger partial charge is 0.322 e. The first-order valence-corrected chi connectivity index (χ1v) is 5.39. The summed E-state index contributed by atoms with van der Waals surface area (Å²) in [7, 11) is 1.40. The molecule has 1 N–H and O–H groups in total. The summed E-state index contributed by atoms with van der Waals surface area (Å²) in [6.07, 6.45) is 4.29. The quantitative estimate of drug-likeness (QED) is 0.766. The highest BCUT2D eigenvalue weighted by atomic mass is 16.5. The molecule has 1 aromatic heterocycles. The van der Waals surface area contributed by atoms with Crippen molar-refractivity contribution in [2.75, 3.05) is 7.11 Å². The summed E-state index contributed by atoms with van der Waals surface area (Å²) in [5.41, 5.74) is 2.27. The van der Waals surface area contributed by atoms with Crippen LogP contribution in [0.2, 0.25) is 0 Å². The second-order valence-corrected chi connectivity index (χ2v) is 3.67. The molecule has 0 aliphatic heterocycles. The lowest BCUT2D eigenvalue weighted by molar-refractivity contribution is -0.143. The van der Waals surface area contributed by atoms with Crippen molar-refractivity contribution in [1.29, 1.82) is 0 Å². The third-order valence-electron chi connectivity index (χ3n) is 2.58. The van der Waals surface area contributed by atoms with Gasteiger partial charge in [-0.25, -0.2) is 0 Å². The Kier molecular flexibility index (Phi) is 4.92. The predicted molar refractivity (Wildman–Crippen MR) is 61.9 cm³/mol. The molecule has 0 saturated heterocycles. The average molecular weight is 222 g/mol. The zero-order valence-electron chi connectivity index (χ0n) is 9.99. The minimum absolute atomic E-state index is 0.218. The molecule has 88 valence electrons. The first kappa shape index (κ1) is 12.6. The van der Waals surface area contributed by atoms with Crippen LogP contribution in [0.15, 0.2) is 18.5 Å².